The van der Waals surface area contributed by atoms with E-state index in [2.05, 4.69) is 54.6 Å². The van der Waals surface area contributed by atoms with Crippen molar-refractivity contribution >= 4 is 32.8 Å². The van der Waals surface area contributed by atoms with Crippen LogP contribution in [0.1, 0.15) is 0 Å². The lowest BCUT2D eigenvalue weighted by atomic mass is 10.0. The van der Waals surface area contributed by atoms with Gasteiger partial charge in [0.1, 0.15) is 5.58 Å². The molecule has 0 radical (unpaired) electrons. The van der Waals surface area contributed by atoms with Gasteiger partial charge in [-0.05, 0) is 18.2 Å². The van der Waals surface area contributed by atoms with Crippen molar-refractivity contribution in [1.82, 2.24) is 24.9 Å². The van der Waals surface area contributed by atoms with Crippen LogP contribution in [-0.2, 0) is 0 Å². The molecule has 0 saturated carbocycles. The standard InChI is InChI=1S/C41H25N5O/c1-3-10-28(11-4-1)39-44-40(29-12-5-2-6-13-29)46-41(45-39)30-20-18-26(19-21-30)34-23-22-27-14-9-16-32(38(27)43-34)35-24-33-31-15-7-8-17-36(31)47-37(33)25-42-35/h1-25H. The van der Waals surface area contributed by atoms with Gasteiger partial charge in [0.05, 0.1) is 23.1 Å². The number of rotatable bonds is 5. The van der Waals surface area contributed by atoms with E-state index in [9.17, 15) is 0 Å². The zero-order chi connectivity index (χ0) is 31.2. The van der Waals surface area contributed by atoms with Crippen molar-refractivity contribution < 1.29 is 4.42 Å². The molecule has 0 aliphatic rings. The lowest BCUT2D eigenvalue weighted by Gasteiger charge is -2.10. The van der Waals surface area contributed by atoms with Gasteiger partial charge < -0.3 is 4.42 Å². The molecule has 0 spiro atoms. The highest BCUT2D eigenvalue weighted by molar-refractivity contribution is 6.06. The zero-order valence-electron chi connectivity index (χ0n) is 25.1. The van der Waals surface area contributed by atoms with E-state index in [0.717, 1.165) is 72.0 Å². The van der Waals surface area contributed by atoms with Crippen LogP contribution in [0.15, 0.2) is 156 Å². The average molecular weight is 604 g/mol. The van der Waals surface area contributed by atoms with Crippen LogP contribution in [0, 0.1) is 0 Å². The Hall–Kier alpha value is -6.53. The fraction of sp³-hybridized carbons (Fsp3) is 0. The van der Waals surface area contributed by atoms with Crippen LogP contribution >= 0.6 is 0 Å². The molecule has 9 aromatic rings. The highest BCUT2D eigenvalue weighted by atomic mass is 16.3. The van der Waals surface area contributed by atoms with Gasteiger partial charge in [0, 0.05) is 44.0 Å². The Morgan fingerprint density at radius 2 is 1.02 bits per heavy atom. The SMILES string of the molecule is c1ccc(-c2nc(-c3ccccc3)nc(-c3ccc(-c4ccc5cccc(-c6cc7c(cn6)oc6ccccc67)c5n4)cc3)n2)cc1. The topological polar surface area (TPSA) is 77.6 Å². The molecule has 9 rings (SSSR count). The summed E-state index contributed by atoms with van der Waals surface area (Å²) < 4.78 is 6.02. The minimum Gasteiger partial charge on any atom is -0.454 e. The summed E-state index contributed by atoms with van der Waals surface area (Å²) in [6.07, 6.45) is 1.81. The lowest BCUT2D eigenvalue weighted by molar-refractivity contribution is 0.667. The van der Waals surface area contributed by atoms with E-state index < -0.39 is 0 Å². The van der Waals surface area contributed by atoms with Crippen molar-refractivity contribution in [2.45, 2.75) is 0 Å². The van der Waals surface area contributed by atoms with Gasteiger partial charge >= 0.3 is 0 Å². The van der Waals surface area contributed by atoms with Crippen LogP contribution in [0.25, 0.3) is 89.5 Å². The van der Waals surface area contributed by atoms with Gasteiger partial charge in [0.2, 0.25) is 0 Å². The molecule has 0 bridgehead atoms. The number of fused-ring (bicyclic) bond motifs is 4. The Bertz CT molecular complexity index is 2500. The number of aromatic nitrogens is 5. The maximum atomic E-state index is 6.02. The molecule has 0 atom stereocenters. The Labute approximate surface area is 270 Å². The van der Waals surface area contributed by atoms with Gasteiger partial charge in [-0.15, -0.1) is 0 Å². The summed E-state index contributed by atoms with van der Waals surface area (Å²) in [7, 11) is 0. The number of para-hydroxylation sites is 2. The average Bonchev–Trinajstić information content (AvgIpc) is 3.53. The number of furan rings is 1. The Morgan fingerprint density at radius 1 is 0.404 bits per heavy atom. The summed E-state index contributed by atoms with van der Waals surface area (Å²) in [5.74, 6) is 1.89. The predicted molar refractivity (Wildman–Crippen MR) is 187 cm³/mol. The fourth-order valence-corrected chi connectivity index (χ4v) is 6.02. The molecule has 0 aliphatic heterocycles. The monoisotopic (exact) mass is 603 g/mol. The zero-order valence-corrected chi connectivity index (χ0v) is 25.1. The molecule has 0 saturated heterocycles. The molecule has 5 aromatic carbocycles. The van der Waals surface area contributed by atoms with Gasteiger partial charge in [-0.3, -0.25) is 4.98 Å². The summed E-state index contributed by atoms with van der Waals surface area (Å²) in [6.45, 7) is 0. The van der Waals surface area contributed by atoms with Crippen LogP contribution in [-0.4, -0.2) is 24.9 Å². The third kappa shape index (κ3) is 4.89. The van der Waals surface area contributed by atoms with E-state index in [0.29, 0.717) is 17.5 Å². The lowest BCUT2D eigenvalue weighted by Crippen LogP contribution is -2.00. The van der Waals surface area contributed by atoms with Gasteiger partial charge in [-0.2, -0.15) is 0 Å². The van der Waals surface area contributed by atoms with Crippen LogP contribution in [0.4, 0.5) is 0 Å². The summed E-state index contributed by atoms with van der Waals surface area (Å²) in [5, 5.41) is 3.16. The van der Waals surface area contributed by atoms with Crippen LogP contribution in [0.3, 0.4) is 0 Å². The maximum Gasteiger partial charge on any atom is 0.164 e. The molecule has 0 N–H and O–H groups in total. The number of pyridine rings is 2. The molecule has 0 unspecified atom stereocenters. The second-order valence-corrected chi connectivity index (χ2v) is 11.4. The van der Waals surface area contributed by atoms with Crippen molar-refractivity contribution in [3.63, 3.8) is 0 Å². The van der Waals surface area contributed by atoms with Crippen molar-refractivity contribution in [1.29, 1.82) is 0 Å². The van der Waals surface area contributed by atoms with Crippen molar-refractivity contribution in [3.8, 4) is 56.7 Å². The molecule has 6 heteroatoms. The highest BCUT2D eigenvalue weighted by Gasteiger charge is 2.15. The first-order chi connectivity index (χ1) is 23.3. The maximum absolute atomic E-state index is 6.02. The van der Waals surface area contributed by atoms with Gasteiger partial charge in [-0.1, -0.05) is 127 Å². The molecule has 0 amide bonds. The number of nitrogens with zero attached hydrogens (tertiary/aromatic N) is 5. The first-order valence-electron chi connectivity index (χ1n) is 15.4. The predicted octanol–water partition coefficient (Wildman–Crippen LogP) is 10.0. The Balaban J connectivity index is 1.10. The molecule has 220 valence electrons. The van der Waals surface area contributed by atoms with Crippen LogP contribution in [0.5, 0.6) is 0 Å². The molecule has 0 fully saturated rings. The van der Waals surface area contributed by atoms with Gasteiger partial charge in [0.25, 0.3) is 0 Å². The smallest absolute Gasteiger partial charge is 0.164 e. The molecule has 4 aromatic heterocycles. The van der Waals surface area contributed by atoms with Crippen LogP contribution < -0.4 is 0 Å². The summed E-state index contributed by atoms with van der Waals surface area (Å²) in [6, 6.07) is 48.8. The van der Waals surface area contributed by atoms with Gasteiger partial charge in [0.15, 0.2) is 23.1 Å². The van der Waals surface area contributed by atoms with E-state index in [-0.39, 0.29) is 0 Å². The summed E-state index contributed by atoms with van der Waals surface area (Å²) in [5.41, 5.74) is 9.00. The first-order valence-corrected chi connectivity index (χ1v) is 15.4. The minimum absolute atomic E-state index is 0.617. The Kier molecular flexibility index (Phi) is 6.35. The molecule has 0 aliphatic carbocycles. The fourth-order valence-electron chi connectivity index (χ4n) is 6.02. The third-order valence-corrected chi connectivity index (χ3v) is 8.40. The molecular weight excluding hydrogens is 578 g/mol. The van der Waals surface area contributed by atoms with Gasteiger partial charge in [-0.25, -0.2) is 19.9 Å². The van der Waals surface area contributed by atoms with Crippen molar-refractivity contribution in [2.75, 3.05) is 0 Å². The Morgan fingerprint density at radius 3 is 1.72 bits per heavy atom. The third-order valence-electron chi connectivity index (χ3n) is 8.40. The van der Waals surface area contributed by atoms with E-state index >= 15 is 0 Å². The minimum atomic E-state index is 0.617. The quantitative estimate of drug-likeness (QED) is 0.195. The normalized spacial score (nSPS) is 11.4. The molecular formula is C41H25N5O. The highest BCUT2D eigenvalue weighted by Crippen LogP contribution is 2.34. The first kappa shape index (κ1) is 26.8. The second kappa shape index (κ2) is 11.1. The molecule has 4 heterocycles. The van der Waals surface area contributed by atoms with E-state index in [1.807, 2.05) is 91.0 Å². The van der Waals surface area contributed by atoms with E-state index in [1.165, 1.54) is 0 Å². The summed E-state index contributed by atoms with van der Waals surface area (Å²) in [4.78, 5) is 24.5. The second-order valence-electron chi connectivity index (χ2n) is 11.4. The van der Waals surface area contributed by atoms with E-state index in [4.69, 9.17) is 29.3 Å². The number of hydrogen-bond acceptors (Lipinski definition) is 6. The largest absolute Gasteiger partial charge is 0.454 e. The molecule has 6 nitrogen and oxygen atoms in total. The molecule has 47 heavy (non-hydrogen) atoms. The number of benzene rings is 5. The number of hydrogen-bond donors (Lipinski definition) is 0. The van der Waals surface area contributed by atoms with Crippen LogP contribution in [0.2, 0.25) is 0 Å². The van der Waals surface area contributed by atoms with Crippen molar-refractivity contribution in [3.05, 3.63) is 152 Å². The van der Waals surface area contributed by atoms with Crippen molar-refractivity contribution in [2.24, 2.45) is 0 Å². The summed E-state index contributed by atoms with van der Waals surface area (Å²) >= 11 is 0. The van der Waals surface area contributed by atoms with E-state index in [1.54, 1.807) is 6.20 Å².